The maximum atomic E-state index is 10.5. The first-order valence-electron chi connectivity index (χ1n) is 3.97. The van der Waals surface area contributed by atoms with Crippen LogP contribution in [0.25, 0.3) is 0 Å². The van der Waals surface area contributed by atoms with Crippen LogP contribution in [0, 0.1) is 0 Å². The molecule has 0 spiro atoms. The van der Waals surface area contributed by atoms with Crippen LogP contribution >= 0.6 is 0 Å². The van der Waals surface area contributed by atoms with Crippen molar-refractivity contribution in [2.24, 2.45) is 5.73 Å². The average molecular weight is 156 g/mol. The number of primary amides is 1. The molecule has 11 heavy (non-hydrogen) atoms. The third kappa shape index (κ3) is 1.18. The van der Waals surface area contributed by atoms with Gasteiger partial charge < -0.3 is 15.8 Å². The lowest BCUT2D eigenvalue weighted by molar-refractivity contribution is 0.0983. The Labute approximate surface area is 65.1 Å². The lowest BCUT2D eigenvalue weighted by atomic mass is 9.96. The standard InChI is InChI=1S/C7H12N2O2/c8-7(10)9-5-3-4-1-2-6(5)11-4/h4-6H,1-3H2,(H3,8,9,10). The van der Waals surface area contributed by atoms with Crippen LogP contribution in [0.2, 0.25) is 0 Å². The maximum absolute atomic E-state index is 10.5. The second kappa shape index (κ2) is 2.37. The first kappa shape index (κ1) is 6.91. The summed E-state index contributed by atoms with van der Waals surface area (Å²) in [5.74, 6) is 0. The predicted octanol–water partition coefficient (Wildman–Crippen LogP) is -0.0254. The molecule has 0 aliphatic carbocycles. The Morgan fingerprint density at radius 3 is 2.82 bits per heavy atom. The fraction of sp³-hybridized carbons (Fsp3) is 0.857. The average Bonchev–Trinajstić information content (AvgIpc) is 2.45. The molecule has 3 atom stereocenters. The molecule has 3 unspecified atom stereocenters. The molecule has 2 amide bonds. The molecule has 0 radical (unpaired) electrons. The van der Waals surface area contributed by atoms with E-state index in [2.05, 4.69) is 5.32 Å². The van der Waals surface area contributed by atoms with Crippen LogP contribution in [0.15, 0.2) is 0 Å². The number of urea groups is 1. The van der Waals surface area contributed by atoms with Gasteiger partial charge in [-0.2, -0.15) is 0 Å². The lowest BCUT2D eigenvalue weighted by Crippen LogP contribution is -2.43. The molecule has 62 valence electrons. The van der Waals surface area contributed by atoms with E-state index in [0.717, 1.165) is 19.3 Å². The number of carbonyl (C=O) groups is 1. The summed E-state index contributed by atoms with van der Waals surface area (Å²) in [7, 11) is 0. The lowest BCUT2D eigenvalue weighted by Gasteiger charge is -2.18. The molecule has 2 rings (SSSR count). The topological polar surface area (TPSA) is 64.4 Å². The number of hydrogen-bond donors (Lipinski definition) is 2. The zero-order valence-corrected chi connectivity index (χ0v) is 6.25. The van der Waals surface area contributed by atoms with Gasteiger partial charge in [0, 0.05) is 0 Å². The predicted molar refractivity (Wildman–Crippen MR) is 39.0 cm³/mol. The summed E-state index contributed by atoms with van der Waals surface area (Å²) >= 11 is 0. The summed E-state index contributed by atoms with van der Waals surface area (Å²) in [6.45, 7) is 0. The number of fused-ring (bicyclic) bond motifs is 2. The molecular weight excluding hydrogens is 144 g/mol. The number of ether oxygens (including phenoxy) is 1. The molecule has 0 saturated carbocycles. The first-order chi connectivity index (χ1) is 5.25. The number of nitrogens with two attached hydrogens (primary N) is 1. The molecular formula is C7H12N2O2. The molecule has 3 N–H and O–H groups in total. The minimum atomic E-state index is -0.439. The van der Waals surface area contributed by atoms with E-state index in [4.69, 9.17) is 10.5 Å². The number of hydrogen-bond acceptors (Lipinski definition) is 2. The molecule has 2 fully saturated rings. The highest BCUT2D eigenvalue weighted by molar-refractivity contribution is 5.72. The first-order valence-corrected chi connectivity index (χ1v) is 3.97. The van der Waals surface area contributed by atoms with Crippen molar-refractivity contribution in [1.82, 2.24) is 5.32 Å². The second-order valence-electron chi connectivity index (χ2n) is 3.22. The number of carbonyl (C=O) groups excluding carboxylic acids is 1. The Morgan fingerprint density at radius 2 is 2.36 bits per heavy atom. The summed E-state index contributed by atoms with van der Waals surface area (Å²) in [5, 5.41) is 2.69. The molecule has 2 bridgehead atoms. The van der Waals surface area contributed by atoms with Crippen LogP contribution in [0.5, 0.6) is 0 Å². The minimum absolute atomic E-state index is 0.172. The summed E-state index contributed by atoms with van der Waals surface area (Å²) in [6.07, 6.45) is 3.74. The third-order valence-corrected chi connectivity index (χ3v) is 2.43. The smallest absolute Gasteiger partial charge is 0.312 e. The summed E-state index contributed by atoms with van der Waals surface area (Å²) in [4.78, 5) is 10.5. The van der Waals surface area contributed by atoms with Gasteiger partial charge in [0.05, 0.1) is 18.2 Å². The van der Waals surface area contributed by atoms with Gasteiger partial charge in [0.1, 0.15) is 0 Å². The summed E-state index contributed by atoms with van der Waals surface area (Å²) < 4.78 is 5.52. The molecule has 0 aromatic carbocycles. The van der Waals surface area contributed by atoms with Crippen LogP contribution in [0.4, 0.5) is 4.79 Å². The van der Waals surface area contributed by atoms with Crippen molar-refractivity contribution in [3.05, 3.63) is 0 Å². The second-order valence-corrected chi connectivity index (χ2v) is 3.22. The van der Waals surface area contributed by atoms with Crippen LogP contribution in [-0.2, 0) is 4.74 Å². The van der Waals surface area contributed by atoms with Crippen LogP contribution in [-0.4, -0.2) is 24.3 Å². The van der Waals surface area contributed by atoms with Crippen molar-refractivity contribution >= 4 is 6.03 Å². The van der Waals surface area contributed by atoms with E-state index in [1.165, 1.54) is 0 Å². The van der Waals surface area contributed by atoms with Crippen LogP contribution < -0.4 is 11.1 Å². The van der Waals surface area contributed by atoms with E-state index in [0.29, 0.717) is 6.10 Å². The molecule has 2 heterocycles. The van der Waals surface area contributed by atoms with Crippen molar-refractivity contribution < 1.29 is 9.53 Å². The Bertz CT molecular complexity index is 183. The van der Waals surface area contributed by atoms with Crippen molar-refractivity contribution in [2.45, 2.75) is 37.5 Å². The Morgan fingerprint density at radius 1 is 1.55 bits per heavy atom. The van der Waals surface area contributed by atoms with Gasteiger partial charge in [-0.3, -0.25) is 0 Å². The van der Waals surface area contributed by atoms with E-state index in [9.17, 15) is 4.79 Å². The fourth-order valence-electron chi connectivity index (χ4n) is 1.97. The number of amides is 2. The quantitative estimate of drug-likeness (QED) is 0.560. The minimum Gasteiger partial charge on any atom is -0.373 e. The molecule has 2 aliphatic rings. The Kier molecular flexibility index (Phi) is 1.49. The van der Waals surface area contributed by atoms with Crippen molar-refractivity contribution in [3.63, 3.8) is 0 Å². The van der Waals surface area contributed by atoms with Crippen molar-refractivity contribution in [1.29, 1.82) is 0 Å². The molecule has 4 nitrogen and oxygen atoms in total. The van der Waals surface area contributed by atoms with E-state index in [1.54, 1.807) is 0 Å². The van der Waals surface area contributed by atoms with Crippen LogP contribution in [0.1, 0.15) is 19.3 Å². The van der Waals surface area contributed by atoms with Gasteiger partial charge >= 0.3 is 6.03 Å². The Balaban J connectivity index is 1.92. The largest absolute Gasteiger partial charge is 0.373 e. The fourth-order valence-corrected chi connectivity index (χ4v) is 1.97. The van der Waals surface area contributed by atoms with Gasteiger partial charge in [-0.05, 0) is 19.3 Å². The number of nitrogens with one attached hydrogen (secondary N) is 1. The highest BCUT2D eigenvalue weighted by Gasteiger charge is 2.41. The monoisotopic (exact) mass is 156 g/mol. The zero-order valence-electron chi connectivity index (χ0n) is 6.25. The van der Waals surface area contributed by atoms with Gasteiger partial charge in [-0.1, -0.05) is 0 Å². The van der Waals surface area contributed by atoms with E-state index < -0.39 is 6.03 Å². The Hall–Kier alpha value is -0.770. The summed E-state index contributed by atoms with van der Waals surface area (Å²) in [5.41, 5.74) is 5.00. The number of rotatable bonds is 1. The molecule has 0 aromatic rings. The molecule has 2 aliphatic heterocycles. The normalized spacial score (nSPS) is 40.9. The third-order valence-electron chi connectivity index (χ3n) is 2.43. The van der Waals surface area contributed by atoms with E-state index in [-0.39, 0.29) is 12.1 Å². The van der Waals surface area contributed by atoms with E-state index in [1.807, 2.05) is 0 Å². The van der Waals surface area contributed by atoms with Gasteiger partial charge in [0.25, 0.3) is 0 Å². The highest BCUT2D eigenvalue weighted by Crippen LogP contribution is 2.34. The zero-order chi connectivity index (χ0) is 7.84. The molecule has 4 heteroatoms. The van der Waals surface area contributed by atoms with Gasteiger partial charge in [0.2, 0.25) is 0 Å². The van der Waals surface area contributed by atoms with Gasteiger partial charge in [-0.25, -0.2) is 4.79 Å². The molecule has 0 aromatic heterocycles. The SMILES string of the molecule is NC(=O)NC1CC2CCC1O2. The van der Waals surface area contributed by atoms with E-state index >= 15 is 0 Å². The van der Waals surface area contributed by atoms with Crippen molar-refractivity contribution in [3.8, 4) is 0 Å². The van der Waals surface area contributed by atoms with Crippen LogP contribution in [0.3, 0.4) is 0 Å². The molecule has 2 saturated heterocycles. The summed E-state index contributed by atoms with van der Waals surface area (Å²) in [6, 6.07) is -0.266. The highest BCUT2D eigenvalue weighted by atomic mass is 16.5. The van der Waals surface area contributed by atoms with Crippen molar-refractivity contribution in [2.75, 3.05) is 0 Å². The maximum Gasteiger partial charge on any atom is 0.312 e. The van der Waals surface area contributed by atoms with Gasteiger partial charge in [0.15, 0.2) is 0 Å². The van der Waals surface area contributed by atoms with Gasteiger partial charge in [-0.15, -0.1) is 0 Å².